The number of carboxylic acids is 1. The first kappa shape index (κ1) is 13.8. The minimum atomic E-state index is -0.871. The molecule has 5 nitrogen and oxygen atoms in total. The number of aromatic nitrogens is 1. The number of hydrogen-bond donors (Lipinski definition) is 2. The number of fused-ring (bicyclic) bond motifs is 2. The second-order valence-corrected chi connectivity index (χ2v) is 5.86. The fourth-order valence-electron chi connectivity index (χ4n) is 3.43. The Morgan fingerprint density at radius 2 is 2.00 bits per heavy atom. The molecule has 4 atom stereocenters. The van der Waals surface area contributed by atoms with E-state index < -0.39 is 17.8 Å². The number of nitrogens with one attached hydrogen (secondary N) is 1. The van der Waals surface area contributed by atoms with E-state index in [-0.39, 0.29) is 17.7 Å². The zero-order valence-corrected chi connectivity index (χ0v) is 11.8. The Hall–Kier alpha value is -2.17. The van der Waals surface area contributed by atoms with Gasteiger partial charge in [-0.15, -0.1) is 0 Å². The first-order valence-corrected chi connectivity index (χ1v) is 7.16. The second-order valence-electron chi connectivity index (χ2n) is 5.86. The first-order valence-electron chi connectivity index (χ1n) is 7.16. The molecular weight excluding hydrogens is 268 g/mol. The quantitative estimate of drug-likeness (QED) is 0.823. The van der Waals surface area contributed by atoms with Gasteiger partial charge in [0.2, 0.25) is 5.91 Å². The molecule has 1 fully saturated rings. The fourth-order valence-corrected chi connectivity index (χ4v) is 3.43. The highest BCUT2D eigenvalue weighted by molar-refractivity contribution is 5.86. The Kier molecular flexibility index (Phi) is 3.49. The van der Waals surface area contributed by atoms with Crippen LogP contribution in [0.25, 0.3) is 0 Å². The van der Waals surface area contributed by atoms with Gasteiger partial charge in [-0.1, -0.05) is 18.2 Å². The molecule has 2 aliphatic carbocycles. The molecule has 0 aliphatic heterocycles. The highest BCUT2D eigenvalue weighted by Gasteiger charge is 2.51. The van der Waals surface area contributed by atoms with E-state index in [1.165, 1.54) is 0 Å². The third-order valence-corrected chi connectivity index (χ3v) is 4.49. The summed E-state index contributed by atoms with van der Waals surface area (Å²) in [4.78, 5) is 27.9. The van der Waals surface area contributed by atoms with Crippen LogP contribution >= 0.6 is 0 Å². The van der Waals surface area contributed by atoms with E-state index in [4.69, 9.17) is 0 Å². The number of nitrogens with zero attached hydrogens (tertiary/aromatic N) is 1. The molecule has 0 radical (unpaired) electrons. The summed E-state index contributed by atoms with van der Waals surface area (Å²) >= 11 is 0. The lowest BCUT2D eigenvalue weighted by molar-refractivity contribution is -0.147. The van der Waals surface area contributed by atoms with Crippen molar-refractivity contribution in [1.82, 2.24) is 10.3 Å². The summed E-state index contributed by atoms with van der Waals surface area (Å²) < 4.78 is 0. The molecule has 110 valence electrons. The summed E-state index contributed by atoms with van der Waals surface area (Å²) in [5.74, 6) is -2.01. The number of rotatable bonds is 4. The molecule has 5 heteroatoms. The molecule has 1 aromatic heterocycles. The predicted octanol–water partition coefficient (Wildman–Crippen LogP) is 1.53. The zero-order chi connectivity index (χ0) is 15.0. The number of amides is 1. The average molecular weight is 286 g/mol. The van der Waals surface area contributed by atoms with Gasteiger partial charge in [0.25, 0.3) is 0 Å². The molecule has 1 heterocycles. The number of carbonyl (C=O) groups is 2. The van der Waals surface area contributed by atoms with Crippen molar-refractivity contribution in [2.45, 2.75) is 19.9 Å². The van der Waals surface area contributed by atoms with Crippen molar-refractivity contribution < 1.29 is 14.7 Å². The van der Waals surface area contributed by atoms with E-state index in [1.807, 2.05) is 31.2 Å². The number of aliphatic carboxylic acids is 1. The minimum Gasteiger partial charge on any atom is -0.481 e. The van der Waals surface area contributed by atoms with Crippen LogP contribution in [0.4, 0.5) is 0 Å². The van der Waals surface area contributed by atoms with Gasteiger partial charge in [-0.3, -0.25) is 14.6 Å². The van der Waals surface area contributed by atoms with Gasteiger partial charge in [-0.25, -0.2) is 0 Å². The highest BCUT2D eigenvalue weighted by Crippen LogP contribution is 2.48. The molecule has 2 aliphatic rings. The summed E-state index contributed by atoms with van der Waals surface area (Å²) in [6, 6.07) is 3.81. The van der Waals surface area contributed by atoms with Gasteiger partial charge in [0.05, 0.1) is 11.8 Å². The van der Waals surface area contributed by atoms with Gasteiger partial charge in [0.15, 0.2) is 0 Å². The Morgan fingerprint density at radius 3 is 2.62 bits per heavy atom. The van der Waals surface area contributed by atoms with Crippen LogP contribution in [0.1, 0.15) is 17.7 Å². The molecular formula is C16H18N2O3. The number of carboxylic acid groups (broad SMARTS) is 1. The lowest BCUT2D eigenvalue weighted by Crippen LogP contribution is -2.39. The van der Waals surface area contributed by atoms with Crippen LogP contribution in [0.5, 0.6) is 0 Å². The molecule has 1 aromatic rings. The van der Waals surface area contributed by atoms with Crippen LogP contribution in [0.2, 0.25) is 0 Å². The molecule has 0 spiro atoms. The Morgan fingerprint density at radius 1 is 1.29 bits per heavy atom. The maximum absolute atomic E-state index is 12.4. The lowest BCUT2D eigenvalue weighted by atomic mass is 9.82. The number of allylic oxidation sites excluding steroid dienone is 2. The SMILES string of the molecule is Cc1ccc(CNC(=O)[C@H]2C3C=CC(C3)[C@H]2C(=O)O)cn1. The number of pyridine rings is 1. The molecule has 2 bridgehead atoms. The van der Waals surface area contributed by atoms with Crippen molar-refractivity contribution >= 4 is 11.9 Å². The summed E-state index contributed by atoms with van der Waals surface area (Å²) in [5, 5.41) is 12.2. The van der Waals surface area contributed by atoms with E-state index in [9.17, 15) is 14.7 Å². The van der Waals surface area contributed by atoms with E-state index in [0.717, 1.165) is 17.7 Å². The van der Waals surface area contributed by atoms with E-state index in [1.54, 1.807) is 6.20 Å². The largest absolute Gasteiger partial charge is 0.481 e. The smallest absolute Gasteiger partial charge is 0.307 e. The Bertz CT molecular complexity index is 594. The monoisotopic (exact) mass is 286 g/mol. The van der Waals surface area contributed by atoms with Gasteiger partial charge in [-0.05, 0) is 36.8 Å². The van der Waals surface area contributed by atoms with Gasteiger partial charge in [0.1, 0.15) is 0 Å². The molecule has 0 aromatic carbocycles. The third-order valence-electron chi connectivity index (χ3n) is 4.49. The highest BCUT2D eigenvalue weighted by atomic mass is 16.4. The van der Waals surface area contributed by atoms with Crippen molar-refractivity contribution in [3.8, 4) is 0 Å². The fraction of sp³-hybridized carbons (Fsp3) is 0.438. The summed E-state index contributed by atoms with van der Waals surface area (Å²) in [5.41, 5.74) is 1.84. The Labute approximate surface area is 123 Å². The van der Waals surface area contributed by atoms with Crippen molar-refractivity contribution in [2.24, 2.45) is 23.7 Å². The third kappa shape index (κ3) is 2.55. The van der Waals surface area contributed by atoms with Crippen molar-refractivity contribution in [1.29, 1.82) is 0 Å². The number of aryl methyl sites for hydroxylation is 1. The van der Waals surface area contributed by atoms with Crippen LogP contribution < -0.4 is 5.32 Å². The van der Waals surface area contributed by atoms with Crippen LogP contribution in [-0.2, 0) is 16.1 Å². The van der Waals surface area contributed by atoms with Crippen LogP contribution in [0.15, 0.2) is 30.5 Å². The van der Waals surface area contributed by atoms with Crippen molar-refractivity contribution in [3.63, 3.8) is 0 Å². The molecule has 0 saturated heterocycles. The molecule has 2 N–H and O–H groups in total. The molecule has 21 heavy (non-hydrogen) atoms. The maximum atomic E-state index is 12.4. The van der Waals surface area contributed by atoms with Gasteiger partial charge in [-0.2, -0.15) is 0 Å². The van der Waals surface area contributed by atoms with Crippen molar-refractivity contribution in [2.75, 3.05) is 0 Å². The Balaban J connectivity index is 1.66. The average Bonchev–Trinajstić information content (AvgIpc) is 3.06. The first-order chi connectivity index (χ1) is 10.1. The lowest BCUT2D eigenvalue weighted by Gasteiger charge is -2.23. The van der Waals surface area contributed by atoms with E-state index in [2.05, 4.69) is 10.3 Å². The van der Waals surface area contributed by atoms with Crippen LogP contribution in [0, 0.1) is 30.6 Å². The summed E-state index contributed by atoms with van der Waals surface area (Å²) in [6.45, 7) is 2.29. The molecule has 1 saturated carbocycles. The summed E-state index contributed by atoms with van der Waals surface area (Å²) in [7, 11) is 0. The van der Waals surface area contributed by atoms with Gasteiger partial charge in [0, 0.05) is 18.4 Å². The topological polar surface area (TPSA) is 79.3 Å². The molecule has 1 amide bonds. The predicted molar refractivity (Wildman–Crippen MR) is 76.2 cm³/mol. The molecule has 3 rings (SSSR count). The molecule has 2 unspecified atom stereocenters. The van der Waals surface area contributed by atoms with Gasteiger partial charge < -0.3 is 10.4 Å². The van der Waals surface area contributed by atoms with E-state index >= 15 is 0 Å². The number of carbonyl (C=O) groups excluding carboxylic acids is 1. The van der Waals surface area contributed by atoms with Crippen molar-refractivity contribution in [3.05, 3.63) is 41.7 Å². The minimum absolute atomic E-state index is 0.00397. The number of hydrogen-bond acceptors (Lipinski definition) is 3. The van der Waals surface area contributed by atoms with E-state index in [0.29, 0.717) is 6.54 Å². The van der Waals surface area contributed by atoms with Crippen LogP contribution in [-0.4, -0.2) is 22.0 Å². The second kappa shape index (κ2) is 5.31. The normalized spacial score (nSPS) is 29.6. The summed E-state index contributed by atoms with van der Waals surface area (Å²) in [6.07, 6.45) is 6.44. The maximum Gasteiger partial charge on any atom is 0.307 e. The van der Waals surface area contributed by atoms with Crippen LogP contribution in [0.3, 0.4) is 0 Å². The van der Waals surface area contributed by atoms with Gasteiger partial charge >= 0.3 is 5.97 Å². The zero-order valence-electron chi connectivity index (χ0n) is 11.8. The standard InChI is InChI=1S/C16H18N2O3/c1-9-2-3-10(7-17-9)8-18-15(19)13-11-4-5-12(6-11)14(13)16(20)21/h2-5,7,11-14H,6,8H2,1H3,(H,18,19)(H,20,21)/t11?,12?,13-,14+/m0/s1.